The van der Waals surface area contributed by atoms with Gasteiger partial charge in [-0.05, 0) is 66.6 Å². The van der Waals surface area contributed by atoms with E-state index in [0.29, 0.717) is 29.4 Å². The average Bonchev–Trinajstić information content (AvgIpc) is 3.30. The Bertz CT molecular complexity index is 931. The molecule has 4 N–H and O–H groups in total. The maximum absolute atomic E-state index is 11.9. The molecular weight excluding hydrogens is 382 g/mol. The van der Waals surface area contributed by atoms with E-state index in [0.717, 1.165) is 5.56 Å². The molecule has 5 unspecified atom stereocenters. The van der Waals surface area contributed by atoms with Gasteiger partial charge in [0.05, 0.1) is 5.92 Å². The van der Waals surface area contributed by atoms with Crippen LogP contribution in [-0.4, -0.2) is 27.7 Å². The van der Waals surface area contributed by atoms with Crippen molar-refractivity contribution in [3.8, 4) is 11.5 Å². The molecule has 146 valence electrons. The third-order valence-corrected chi connectivity index (χ3v) is 6.29. The number of ether oxygens (including phenoxy) is 1. The molecular formula is C21H20ClNO5. The number of hydrogen-bond acceptors (Lipinski definition) is 4. The van der Waals surface area contributed by atoms with Crippen LogP contribution in [0.1, 0.15) is 12.0 Å². The van der Waals surface area contributed by atoms with Gasteiger partial charge in [0.1, 0.15) is 17.0 Å². The maximum atomic E-state index is 11.9. The predicted molar refractivity (Wildman–Crippen MR) is 102 cm³/mol. The number of carboxylic acids is 2. The van der Waals surface area contributed by atoms with E-state index in [1.807, 2.05) is 24.3 Å². The van der Waals surface area contributed by atoms with Crippen molar-refractivity contribution in [3.05, 3.63) is 59.1 Å². The average molecular weight is 402 g/mol. The summed E-state index contributed by atoms with van der Waals surface area (Å²) in [6, 6.07) is 14.4. The number of carbonyl (C=O) groups is 2. The quantitative estimate of drug-likeness (QED) is 0.684. The molecule has 0 aromatic heterocycles. The van der Waals surface area contributed by atoms with E-state index in [2.05, 4.69) is 0 Å². The highest BCUT2D eigenvalue weighted by molar-refractivity contribution is 6.30. The van der Waals surface area contributed by atoms with Crippen LogP contribution in [0.25, 0.3) is 0 Å². The topological polar surface area (TPSA) is 110 Å². The van der Waals surface area contributed by atoms with Crippen LogP contribution >= 0.6 is 11.6 Å². The van der Waals surface area contributed by atoms with E-state index in [4.69, 9.17) is 22.1 Å². The SMILES string of the molecule is NC1(C(=O)O)C(Cc2cccc(Oc3ccc(Cl)cc3)c2)CC2C(C(=O)O)C21. The standard InChI is InChI=1S/C21H20ClNO5/c22-13-4-6-14(7-5-13)28-15-3-1-2-11(9-15)8-12-10-16-17(19(24)25)18(16)21(12,23)20(26)27/h1-7,9,12,16-18H,8,10,23H2,(H,24,25)(H,26,27). The van der Waals surface area contributed by atoms with Crippen molar-refractivity contribution in [1.82, 2.24) is 0 Å². The minimum atomic E-state index is -1.51. The summed E-state index contributed by atoms with van der Waals surface area (Å²) >= 11 is 5.88. The molecule has 7 heteroatoms. The van der Waals surface area contributed by atoms with Gasteiger partial charge in [-0.25, -0.2) is 0 Å². The second kappa shape index (κ2) is 6.79. The third kappa shape index (κ3) is 3.12. The summed E-state index contributed by atoms with van der Waals surface area (Å²) in [5.74, 6) is -2.42. The van der Waals surface area contributed by atoms with E-state index in [9.17, 15) is 19.8 Å². The molecule has 0 bridgehead atoms. The lowest BCUT2D eigenvalue weighted by Crippen LogP contribution is -2.55. The fourth-order valence-corrected chi connectivity index (χ4v) is 4.81. The monoisotopic (exact) mass is 401 g/mol. The molecule has 5 atom stereocenters. The van der Waals surface area contributed by atoms with Gasteiger partial charge < -0.3 is 20.7 Å². The molecule has 2 saturated carbocycles. The number of benzene rings is 2. The predicted octanol–water partition coefficient (Wildman–Crippen LogP) is 3.42. The fraction of sp³-hybridized carbons (Fsp3) is 0.333. The van der Waals surface area contributed by atoms with Gasteiger partial charge in [-0.2, -0.15) is 0 Å². The first-order valence-electron chi connectivity index (χ1n) is 9.08. The number of carboxylic acid groups (broad SMARTS) is 2. The highest BCUT2D eigenvalue weighted by atomic mass is 35.5. The number of hydrogen-bond donors (Lipinski definition) is 3. The van der Waals surface area contributed by atoms with Gasteiger partial charge in [-0.15, -0.1) is 0 Å². The molecule has 0 aliphatic heterocycles. The van der Waals surface area contributed by atoms with Crippen LogP contribution in [0, 0.1) is 23.7 Å². The van der Waals surface area contributed by atoms with Crippen LogP contribution in [0.3, 0.4) is 0 Å². The van der Waals surface area contributed by atoms with Gasteiger partial charge in [0.15, 0.2) is 0 Å². The van der Waals surface area contributed by atoms with Crippen molar-refractivity contribution >= 4 is 23.5 Å². The fourth-order valence-electron chi connectivity index (χ4n) is 4.68. The Balaban J connectivity index is 1.51. The highest BCUT2D eigenvalue weighted by Gasteiger charge is 2.73. The van der Waals surface area contributed by atoms with E-state index < -0.39 is 29.3 Å². The van der Waals surface area contributed by atoms with E-state index in [1.165, 1.54) is 0 Å². The molecule has 4 rings (SSSR count). The first-order valence-corrected chi connectivity index (χ1v) is 9.46. The Morgan fingerprint density at radius 3 is 2.50 bits per heavy atom. The molecule has 28 heavy (non-hydrogen) atoms. The van der Waals surface area contributed by atoms with Crippen molar-refractivity contribution in [3.63, 3.8) is 0 Å². The Labute approximate surface area is 166 Å². The Hall–Kier alpha value is -2.57. The molecule has 2 aromatic carbocycles. The Kier molecular flexibility index (Phi) is 4.56. The van der Waals surface area contributed by atoms with Crippen LogP contribution in [0.5, 0.6) is 11.5 Å². The zero-order chi connectivity index (χ0) is 20.1. The van der Waals surface area contributed by atoms with Crippen molar-refractivity contribution in [2.24, 2.45) is 29.4 Å². The Morgan fingerprint density at radius 2 is 1.86 bits per heavy atom. The number of fused-ring (bicyclic) bond motifs is 1. The molecule has 0 radical (unpaired) electrons. The van der Waals surface area contributed by atoms with Crippen molar-refractivity contribution in [2.45, 2.75) is 18.4 Å². The number of aliphatic carboxylic acids is 2. The molecule has 0 saturated heterocycles. The van der Waals surface area contributed by atoms with Gasteiger partial charge in [0.25, 0.3) is 0 Å². The summed E-state index contributed by atoms with van der Waals surface area (Å²) in [7, 11) is 0. The number of rotatable bonds is 6. The van der Waals surface area contributed by atoms with Gasteiger partial charge in [-0.1, -0.05) is 23.7 Å². The van der Waals surface area contributed by atoms with Crippen LogP contribution in [-0.2, 0) is 16.0 Å². The second-order valence-electron chi connectivity index (χ2n) is 7.63. The lowest BCUT2D eigenvalue weighted by molar-refractivity contribution is -0.147. The van der Waals surface area contributed by atoms with Crippen molar-refractivity contribution < 1.29 is 24.5 Å². The summed E-state index contributed by atoms with van der Waals surface area (Å²) in [6.07, 6.45) is 0.965. The van der Waals surface area contributed by atoms with Crippen LogP contribution in [0.15, 0.2) is 48.5 Å². The van der Waals surface area contributed by atoms with Gasteiger partial charge in [0, 0.05) is 10.9 Å². The van der Waals surface area contributed by atoms with E-state index in [1.54, 1.807) is 24.3 Å². The minimum absolute atomic E-state index is 0.155. The molecule has 2 aliphatic carbocycles. The number of nitrogens with two attached hydrogens (primary N) is 1. The number of halogens is 1. The van der Waals surface area contributed by atoms with Crippen molar-refractivity contribution in [1.29, 1.82) is 0 Å². The van der Waals surface area contributed by atoms with E-state index >= 15 is 0 Å². The summed E-state index contributed by atoms with van der Waals surface area (Å²) < 4.78 is 5.83. The minimum Gasteiger partial charge on any atom is -0.481 e. The van der Waals surface area contributed by atoms with Gasteiger partial charge in [0.2, 0.25) is 0 Å². The molecule has 2 aromatic rings. The lowest BCUT2D eigenvalue weighted by Gasteiger charge is -2.31. The molecule has 0 heterocycles. The highest BCUT2D eigenvalue weighted by Crippen LogP contribution is 2.64. The largest absolute Gasteiger partial charge is 0.481 e. The third-order valence-electron chi connectivity index (χ3n) is 6.04. The van der Waals surface area contributed by atoms with Crippen LogP contribution in [0.4, 0.5) is 0 Å². The van der Waals surface area contributed by atoms with Crippen LogP contribution < -0.4 is 10.5 Å². The summed E-state index contributed by atoms with van der Waals surface area (Å²) in [6.45, 7) is 0. The normalized spacial score (nSPS) is 30.5. The second-order valence-corrected chi connectivity index (χ2v) is 8.07. The Morgan fingerprint density at radius 1 is 1.14 bits per heavy atom. The van der Waals surface area contributed by atoms with Crippen LogP contribution in [0.2, 0.25) is 5.02 Å². The summed E-state index contributed by atoms with van der Waals surface area (Å²) in [5.41, 5.74) is 5.67. The lowest BCUT2D eigenvalue weighted by atomic mass is 9.78. The summed E-state index contributed by atoms with van der Waals surface area (Å²) in [5, 5.41) is 19.6. The summed E-state index contributed by atoms with van der Waals surface area (Å²) in [4.78, 5) is 23.2. The molecule has 2 aliphatic rings. The molecule has 6 nitrogen and oxygen atoms in total. The zero-order valence-electron chi connectivity index (χ0n) is 14.9. The molecule has 0 amide bonds. The van der Waals surface area contributed by atoms with Gasteiger partial charge >= 0.3 is 11.9 Å². The first kappa shape index (κ1) is 18.8. The van der Waals surface area contributed by atoms with Crippen molar-refractivity contribution in [2.75, 3.05) is 0 Å². The molecule has 2 fully saturated rings. The smallest absolute Gasteiger partial charge is 0.324 e. The van der Waals surface area contributed by atoms with E-state index in [-0.39, 0.29) is 11.8 Å². The maximum Gasteiger partial charge on any atom is 0.324 e. The van der Waals surface area contributed by atoms with Gasteiger partial charge in [-0.3, -0.25) is 9.59 Å². The first-order chi connectivity index (χ1) is 13.3. The zero-order valence-corrected chi connectivity index (χ0v) is 15.7. The molecule has 0 spiro atoms.